The van der Waals surface area contributed by atoms with Crippen LogP contribution < -0.4 is 10.1 Å². The Hall–Kier alpha value is -1.74. The zero-order valence-corrected chi connectivity index (χ0v) is 11.7. The van der Waals surface area contributed by atoms with Crippen LogP contribution in [0.5, 0.6) is 5.75 Å². The fraction of sp³-hybridized carbons (Fsp3) is 0.375. The molecule has 0 saturated heterocycles. The molecule has 0 bridgehead atoms. The van der Waals surface area contributed by atoms with E-state index in [1.54, 1.807) is 6.26 Å². The van der Waals surface area contributed by atoms with Crippen molar-refractivity contribution in [3.8, 4) is 5.75 Å². The lowest BCUT2D eigenvalue weighted by atomic mass is 10.2. The zero-order chi connectivity index (χ0) is 13.7. The molecule has 0 amide bonds. The zero-order valence-electron chi connectivity index (χ0n) is 11.7. The number of hydrogen-bond acceptors (Lipinski definition) is 3. The largest absolute Gasteiger partial charge is 0.491 e. The average Bonchev–Trinajstić information content (AvgIpc) is 2.91. The maximum Gasteiger partial charge on any atom is 0.120 e. The first-order valence-electron chi connectivity index (χ1n) is 6.67. The minimum absolute atomic E-state index is 0.210. The van der Waals surface area contributed by atoms with Gasteiger partial charge in [-0.05, 0) is 50.6 Å². The van der Waals surface area contributed by atoms with Gasteiger partial charge in [-0.15, -0.1) is 0 Å². The highest BCUT2D eigenvalue weighted by molar-refractivity contribution is 5.27. The molecular weight excluding hydrogens is 238 g/mol. The first-order valence-corrected chi connectivity index (χ1v) is 6.67. The highest BCUT2D eigenvalue weighted by atomic mass is 16.5. The lowest BCUT2D eigenvalue weighted by Gasteiger charge is -2.13. The van der Waals surface area contributed by atoms with Crippen molar-refractivity contribution in [1.82, 2.24) is 5.32 Å². The fourth-order valence-corrected chi connectivity index (χ4v) is 1.87. The summed E-state index contributed by atoms with van der Waals surface area (Å²) in [6, 6.07) is 12.3. The minimum atomic E-state index is 0.210. The van der Waals surface area contributed by atoms with Crippen molar-refractivity contribution < 1.29 is 9.15 Å². The number of rotatable bonds is 6. The topological polar surface area (TPSA) is 34.4 Å². The van der Waals surface area contributed by atoms with Crippen molar-refractivity contribution in [3.63, 3.8) is 0 Å². The normalized spacial score (nSPS) is 12.6. The van der Waals surface area contributed by atoms with Gasteiger partial charge in [-0.1, -0.05) is 12.1 Å². The third-order valence-electron chi connectivity index (χ3n) is 2.88. The van der Waals surface area contributed by atoms with Gasteiger partial charge < -0.3 is 14.5 Å². The quantitative estimate of drug-likeness (QED) is 0.854. The van der Waals surface area contributed by atoms with Crippen LogP contribution in [0.3, 0.4) is 0 Å². The first-order chi connectivity index (χ1) is 9.15. The summed E-state index contributed by atoms with van der Waals surface area (Å²) in [4.78, 5) is 0. The third kappa shape index (κ3) is 4.14. The molecule has 1 unspecified atom stereocenters. The van der Waals surface area contributed by atoms with Gasteiger partial charge in [0, 0.05) is 6.54 Å². The van der Waals surface area contributed by atoms with Gasteiger partial charge in [0.2, 0.25) is 0 Å². The Labute approximate surface area is 114 Å². The molecule has 0 aliphatic heterocycles. The maximum absolute atomic E-state index is 5.62. The van der Waals surface area contributed by atoms with Crippen LogP contribution in [0, 0.1) is 0 Å². The van der Waals surface area contributed by atoms with Gasteiger partial charge in [0.25, 0.3) is 0 Å². The molecule has 19 heavy (non-hydrogen) atoms. The van der Waals surface area contributed by atoms with Gasteiger partial charge in [0.05, 0.1) is 18.4 Å². The van der Waals surface area contributed by atoms with E-state index in [1.165, 1.54) is 5.56 Å². The molecule has 2 rings (SSSR count). The van der Waals surface area contributed by atoms with Crippen molar-refractivity contribution in [3.05, 3.63) is 54.0 Å². The van der Waals surface area contributed by atoms with Gasteiger partial charge in [-0.2, -0.15) is 0 Å². The molecule has 102 valence electrons. The predicted octanol–water partition coefficient (Wildman–Crippen LogP) is 3.92. The molecule has 1 aromatic heterocycles. The van der Waals surface area contributed by atoms with Crippen LogP contribution in [0.2, 0.25) is 0 Å². The highest BCUT2D eigenvalue weighted by Gasteiger charge is 2.07. The van der Waals surface area contributed by atoms with Crippen molar-refractivity contribution in [2.75, 3.05) is 0 Å². The van der Waals surface area contributed by atoms with E-state index in [0.717, 1.165) is 18.1 Å². The van der Waals surface area contributed by atoms with Crippen LogP contribution in [-0.4, -0.2) is 6.10 Å². The Morgan fingerprint density at radius 2 is 1.84 bits per heavy atom. The molecule has 3 heteroatoms. The molecule has 1 heterocycles. The standard InChI is InChI=1S/C16H21NO2/c1-12(2)19-15-8-6-14(7-9-15)11-17-13(3)16-5-4-10-18-16/h4-10,12-13,17H,11H2,1-3H3. The first kappa shape index (κ1) is 13.7. The van der Waals surface area contributed by atoms with E-state index in [-0.39, 0.29) is 12.1 Å². The van der Waals surface area contributed by atoms with E-state index < -0.39 is 0 Å². The summed E-state index contributed by atoms with van der Waals surface area (Å²) in [5, 5.41) is 3.43. The van der Waals surface area contributed by atoms with Gasteiger partial charge in [0.1, 0.15) is 11.5 Å². The predicted molar refractivity (Wildman–Crippen MR) is 76.2 cm³/mol. The highest BCUT2D eigenvalue weighted by Crippen LogP contribution is 2.16. The molecule has 1 aromatic carbocycles. The van der Waals surface area contributed by atoms with Crippen LogP contribution >= 0.6 is 0 Å². The van der Waals surface area contributed by atoms with Crippen LogP contribution in [0.1, 0.15) is 38.1 Å². The summed E-state index contributed by atoms with van der Waals surface area (Å²) in [6.07, 6.45) is 1.91. The molecule has 0 aliphatic carbocycles. The number of furan rings is 1. The summed E-state index contributed by atoms with van der Waals surface area (Å²) < 4.78 is 11.0. The molecule has 0 saturated carbocycles. The monoisotopic (exact) mass is 259 g/mol. The van der Waals surface area contributed by atoms with E-state index >= 15 is 0 Å². The Morgan fingerprint density at radius 3 is 2.42 bits per heavy atom. The van der Waals surface area contributed by atoms with E-state index in [4.69, 9.17) is 9.15 Å². The van der Waals surface area contributed by atoms with Crippen LogP contribution in [0.25, 0.3) is 0 Å². The average molecular weight is 259 g/mol. The summed E-state index contributed by atoms with van der Waals surface area (Å²) in [5.41, 5.74) is 1.23. The van der Waals surface area contributed by atoms with E-state index in [2.05, 4.69) is 24.4 Å². The second kappa shape index (κ2) is 6.43. The van der Waals surface area contributed by atoms with Gasteiger partial charge in [0.15, 0.2) is 0 Å². The van der Waals surface area contributed by atoms with Crippen LogP contribution in [0.15, 0.2) is 47.1 Å². The van der Waals surface area contributed by atoms with E-state index in [1.807, 2.05) is 38.1 Å². The second-order valence-electron chi connectivity index (χ2n) is 4.93. The Bertz CT molecular complexity index is 474. The van der Waals surface area contributed by atoms with Crippen LogP contribution in [0.4, 0.5) is 0 Å². The molecule has 1 atom stereocenters. The Morgan fingerprint density at radius 1 is 1.11 bits per heavy atom. The minimum Gasteiger partial charge on any atom is -0.491 e. The SMILES string of the molecule is CC(C)Oc1ccc(CNC(C)c2ccco2)cc1. The molecular formula is C16H21NO2. The van der Waals surface area contributed by atoms with Crippen molar-refractivity contribution in [1.29, 1.82) is 0 Å². The smallest absolute Gasteiger partial charge is 0.120 e. The fourth-order valence-electron chi connectivity index (χ4n) is 1.87. The lowest BCUT2D eigenvalue weighted by Crippen LogP contribution is -2.17. The third-order valence-corrected chi connectivity index (χ3v) is 2.88. The molecule has 0 radical (unpaired) electrons. The maximum atomic E-state index is 5.62. The van der Waals surface area contributed by atoms with Crippen LogP contribution in [-0.2, 0) is 6.54 Å². The van der Waals surface area contributed by atoms with E-state index in [9.17, 15) is 0 Å². The number of benzene rings is 1. The van der Waals surface area contributed by atoms with Gasteiger partial charge >= 0.3 is 0 Å². The summed E-state index contributed by atoms with van der Waals surface area (Å²) in [5.74, 6) is 1.87. The lowest BCUT2D eigenvalue weighted by molar-refractivity contribution is 0.242. The van der Waals surface area contributed by atoms with Gasteiger partial charge in [-0.3, -0.25) is 0 Å². The second-order valence-corrected chi connectivity index (χ2v) is 4.93. The van der Waals surface area contributed by atoms with Crippen molar-refractivity contribution in [2.45, 2.75) is 39.5 Å². The molecule has 0 aliphatic rings. The molecule has 0 spiro atoms. The molecule has 0 fully saturated rings. The Balaban J connectivity index is 1.86. The van der Waals surface area contributed by atoms with Crippen molar-refractivity contribution >= 4 is 0 Å². The molecule has 2 aromatic rings. The van der Waals surface area contributed by atoms with Crippen molar-refractivity contribution in [2.24, 2.45) is 0 Å². The summed E-state index contributed by atoms with van der Waals surface area (Å²) >= 11 is 0. The number of nitrogens with one attached hydrogen (secondary N) is 1. The Kier molecular flexibility index (Phi) is 4.63. The number of ether oxygens (including phenoxy) is 1. The van der Waals surface area contributed by atoms with E-state index in [0.29, 0.717) is 0 Å². The summed E-state index contributed by atoms with van der Waals surface area (Å²) in [6.45, 7) is 6.96. The molecule has 3 nitrogen and oxygen atoms in total. The summed E-state index contributed by atoms with van der Waals surface area (Å²) in [7, 11) is 0. The number of hydrogen-bond donors (Lipinski definition) is 1. The van der Waals surface area contributed by atoms with Gasteiger partial charge in [-0.25, -0.2) is 0 Å². The molecule has 1 N–H and O–H groups in total.